The van der Waals surface area contributed by atoms with Gasteiger partial charge in [0.15, 0.2) is 0 Å². The third-order valence-electron chi connectivity index (χ3n) is 5.76. The fourth-order valence-corrected chi connectivity index (χ4v) is 3.97. The van der Waals surface area contributed by atoms with E-state index in [2.05, 4.69) is 0 Å². The Kier molecular flexibility index (Phi) is 8.09. The Bertz CT molecular complexity index is 1350. The Labute approximate surface area is 218 Å². The van der Waals surface area contributed by atoms with Crippen molar-refractivity contribution < 1.29 is 42.4 Å². The van der Waals surface area contributed by atoms with Crippen LogP contribution in [0.15, 0.2) is 48.5 Å². The van der Waals surface area contributed by atoms with E-state index in [1.165, 1.54) is 0 Å². The van der Waals surface area contributed by atoms with E-state index in [1.807, 2.05) is 26.0 Å². The molecule has 0 atom stereocenters. The van der Waals surface area contributed by atoms with Gasteiger partial charge < -0.3 is 19.7 Å². The van der Waals surface area contributed by atoms with Crippen LogP contribution in [-0.4, -0.2) is 27.8 Å². The first-order valence-corrected chi connectivity index (χ1v) is 11.8. The molecule has 0 aliphatic rings. The van der Waals surface area contributed by atoms with E-state index >= 15 is 0 Å². The fraction of sp³-hybridized carbons (Fsp3) is 0.310. The van der Waals surface area contributed by atoms with Crippen molar-refractivity contribution in [2.45, 2.75) is 59.4 Å². The lowest BCUT2D eigenvalue weighted by Gasteiger charge is -2.22. The van der Waals surface area contributed by atoms with Gasteiger partial charge in [-0.2, -0.15) is 13.2 Å². The summed E-state index contributed by atoms with van der Waals surface area (Å²) in [6, 6.07) is 12.5. The Morgan fingerprint density at radius 1 is 0.895 bits per heavy atom. The number of carbonyl (C=O) groups is 2. The monoisotopic (exact) mass is 530 g/mol. The van der Waals surface area contributed by atoms with E-state index < -0.39 is 40.6 Å². The van der Waals surface area contributed by atoms with Crippen molar-refractivity contribution >= 4 is 11.9 Å². The van der Waals surface area contributed by atoms with E-state index in [0.717, 1.165) is 33.9 Å². The van der Waals surface area contributed by atoms with Crippen LogP contribution in [0.1, 0.15) is 58.9 Å². The summed E-state index contributed by atoms with van der Waals surface area (Å²) in [6.07, 6.45) is -4.93. The number of phenols is 1. The zero-order valence-corrected chi connectivity index (χ0v) is 21.7. The number of benzene rings is 3. The Balaban J connectivity index is 1.86. The number of phenolic OH excluding ortho intramolecular Hbond substituents is 1. The van der Waals surface area contributed by atoms with Gasteiger partial charge in [0.1, 0.15) is 29.3 Å². The zero-order valence-electron chi connectivity index (χ0n) is 21.7. The van der Waals surface area contributed by atoms with Crippen LogP contribution in [0, 0.1) is 13.8 Å². The average Bonchev–Trinajstić information content (AvgIpc) is 2.78. The predicted molar refractivity (Wildman–Crippen MR) is 135 cm³/mol. The van der Waals surface area contributed by atoms with E-state index in [-0.39, 0.29) is 18.6 Å². The molecule has 0 aliphatic heterocycles. The van der Waals surface area contributed by atoms with Gasteiger partial charge in [0.25, 0.3) is 0 Å². The molecule has 0 heterocycles. The molecule has 0 radical (unpaired) electrons. The first-order chi connectivity index (χ1) is 17.6. The van der Waals surface area contributed by atoms with Gasteiger partial charge in [-0.1, -0.05) is 30.3 Å². The summed E-state index contributed by atoms with van der Waals surface area (Å²) in [4.78, 5) is 23.8. The molecule has 0 saturated heterocycles. The van der Waals surface area contributed by atoms with Gasteiger partial charge in [-0.3, -0.25) is 4.79 Å². The summed E-state index contributed by atoms with van der Waals surface area (Å²) in [5, 5.41) is 19.4. The minimum Gasteiger partial charge on any atom is -0.506 e. The molecule has 0 saturated carbocycles. The largest absolute Gasteiger partial charge is 0.506 e. The molecule has 3 rings (SSSR count). The average molecular weight is 531 g/mol. The van der Waals surface area contributed by atoms with Crippen molar-refractivity contribution in [3.63, 3.8) is 0 Å². The molecule has 3 aromatic carbocycles. The Morgan fingerprint density at radius 2 is 1.53 bits per heavy atom. The minimum absolute atomic E-state index is 0.0364. The van der Waals surface area contributed by atoms with Gasteiger partial charge in [-0.25, -0.2) is 4.79 Å². The number of esters is 1. The van der Waals surface area contributed by atoms with E-state index in [1.54, 1.807) is 45.0 Å². The Morgan fingerprint density at radius 3 is 2.08 bits per heavy atom. The van der Waals surface area contributed by atoms with Crippen LogP contribution in [0.5, 0.6) is 11.5 Å². The molecule has 0 aliphatic carbocycles. The number of carbonyl (C=O) groups excluding carboxylic acids is 1. The maximum absolute atomic E-state index is 13.4. The molecule has 6 nitrogen and oxygen atoms in total. The third kappa shape index (κ3) is 6.85. The summed E-state index contributed by atoms with van der Waals surface area (Å²) in [7, 11) is 0. The molecule has 202 valence electrons. The predicted octanol–water partition coefficient (Wildman–Crippen LogP) is 6.86. The summed E-state index contributed by atoms with van der Waals surface area (Å²) < 4.78 is 51.0. The van der Waals surface area contributed by atoms with Crippen LogP contribution in [0.25, 0.3) is 11.1 Å². The van der Waals surface area contributed by atoms with Gasteiger partial charge in [-0.15, -0.1) is 0 Å². The van der Waals surface area contributed by atoms with Crippen molar-refractivity contribution in [2.75, 3.05) is 0 Å². The summed E-state index contributed by atoms with van der Waals surface area (Å²) in [5.41, 5.74) is 1.38. The highest BCUT2D eigenvalue weighted by atomic mass is 19.4. The van der Waals surface area contributed by atoms with Crippen LogP contribution < -0.4 is 4.74 Å². The second-order valence-electron chi connectivity index (χ2n) is 9.97. The molecular weight excluding hydrogens is 501 g/mol. The molecule has 3 aromatic rings. The zero-order chi connectivity index (χ0) is 28.4. The molecule has 0 bridgehead atoms. The maximum Gasteiger partial charge on any atom is 0.419 e. The van der Waals surface area contributed by atoms with Gasteiger partial charge in [-0.05, 0) is 80.6 Å². The smallest absolute Gasteiger partial charge is 0.419 e. The number of aryl methyl sites for hydroxylation is 2. The minimum atomic E-state index is -4.86. The van der Waals surface area contributed by atoms with Crippen molar-refractivity contribution in [3.8, 4) is 22.6 Å². The van der Waals surface area contributed by atoms with Crippen LogP contribution in [-0.2, 0) is 28.7 Å². The number of alkyl halides is 3. The van der Waals surface area contributed by atoms with Crippen molar-refractivity contribution in [3.05, 3.63) is 81.9 Å². The molecule has 0 aromatic heterocycles. The highest BCUT2D eigenvalue weighted by Crippen LogP contribution is 2.39. The number of carboxylic acid groups (broad SMARTS) is 1. The number of aromatic hydroxyl groups is 1. The summed E-state index contributed by atoms with van der Waals surface area (Å²) in [6.45, 7) is 8.14. The van der Waals surface area contributed by atoms with Crippen LogP contribution in [0.4, 0.5) is 13.2 Å². The molecule has 0 amide bonds. The molecule has 0 fully saturated rings. The van der Waals surface area contributed by atoms with Crippen molar-refractivity contribution in [1.29, 1.82) is 0 Å². The normalized spacial score (nSPS) is 11.8. The fourth-order valence-electron chi connectivity index (χ4n) is 3.97. The number of hydrogen-bond acceptors (Lipinski definition) is 5. The highest BCUT2D eigenvalue weighted by molar-refractivity contribution is 5.95. The molecular formula is C29H29F3O6. The number of aliphatic carboxylic acids is 1. The number of ether oxygens (including phenoxy) is 2. The SMILES string of the molecule is Cc1cc(-c2ccc(OCc3ccc(C(F)(F)F)c(O)c3C(=O)OC(C)(C)C)cc2)c(C)cc1CC(=O)O. The van der Waals surface area contributed by atoms with Crippen LogP contribution >= 0.6 is 0 Å². The van der Waals surface area contributed by atoms with Gasteiger partial charge in [0.05, 0.1) is 12.0 Å². The van der Waals surface area contributed by atoms with E-state index in [0.29, 0.717) is 11.8 Å². The second kappa shape index (κ2) is 10.8. The second-order valence-corrected chi connectivity index (χ2v) is 9.97. The van der Waals surface area contributed by atoms with Gasteiger partial charge in [0, 0.05) is 5.56 Å². The first kappa shape index (κ1) is 28.6. The van der Waals surface area contributed by atoms with E-state index in [4.69, 9.17) is 14.6 Å². The molecule has 0 unspecified atom stereocenters. The number of hydrogen-bond donors (Lipinski definition) is 2. The quantitative estimate of drug-likeness (QED) is 0.324. The molecule has 2 N–H and O–H groups in total. The lowest BCUT2D eigenvalue weighted by molar-refractivity contribution is -0.139. The van der Waals surface area contributed by atoms with Crippen LogP contribution in [0.2, 0.25) is 0 Å². The molecule has 9 heteroatoms. The topological polar surface area (TPSA) is 93.1 Å². The maximum atomic E-state index is 13.4. The number of rotatable bonds is 7. The van der Waals surface area contributed by atoms with Crippen LogP contribution in [0.3, 0.4) is 0 Å². The summed E-state index contributed by atoms with van der Waals surface area (Å²) >= 11 is 0. The van der Waals surface area contributed by atoms with Crippen molar-refractivity contribution in [1.82, 2.24) is 0 Å². The highest BCUT2D eigenvalue weighted by Gasteiger charge is 2.37. The molecule has 38 heavy (non-hydrogen) atoms. The van der Waals surface area contributed by atoms with Gasteiger partial charge in [0.2, 0.25) is 0 Å². The third-order valence-corrected chi connectivity index (χ3v) is 5.76. The molecule has 0 spiro atoms. The van der Waals surface area contributed by atoms with Crippen molar-refractivity contribution in [2.24, 2.45) is 0 Å². The Hall–Kier alpha value is -4.01. The first-order valence-electron chi connectivity index (χ1n) is 11.8. The number of carboxylic acids is 1. The standard InChI is InChI=1S/C29H29F3O6/c1-16-13-22(17(2)12-20(16)14-24(33)34)18-6-9-21(10-7-18)37-15-19-8-11-23(29(30,31)32)26(35)25(19)27(36)38-28(3,4)5/h6-13,35H,14-15H2,1-5H3,(H,33,34). The van der Waals surface area contributed by atoms with E-state index in [9.17, 15) is 27.9 Å². The van der Waals surface area contributed by atoms with Gasteiger partial charge >= 0.3 is 18.1 Å². The summed E-state index contributed by atoms with van der Waals surface area (Å²) in [5.74, 6) is -2.81. The lowest BCUT2D eigenvalue weighted by Crippen LogP contribution is -2.25. The number of halogens is 3. The lowest BCUT2D eigenvalue weighted by atomic mass is 9.94.